The lowest BCUT2D eigenvalue weighted by Gasteiger charge is -1.91. The highest BCUT2D eigenvalue weighted by molar-refractivity contribution is 7.16. The van der Waals surface area contributed by atoms with Gasteiger partial charge in [-0.05, 0) is 18.6 Å². The lowest BCUT2D eigenvalue weighted by atomic mass is 10.3. The van der Waals surface area contributed by atoms with Gasteiger partial charge in [-0.25, -0.2) is 0 Å². The predicted octanol–water partition coefficient (Wildman–Crippen LogP) is 1.57. The fourth-order valence-corrected chi connectivity index (χ4v) is 2.43. The first-order valence-corrected chi connectivity index (χ1v) is 6.72. The SMILES string of the molecule is Cn1c(=NN)sc2ccccc21.O=CCCCC=O. The lowest BCUT2D eigenvalue weighted by Crippen LogP contribution is -2.11. The van der Waals surface area contributed by atoms with Crippen molar-refractivity contribution in [2.24, 2.45) is 18.0 Å². The molecule has 0 saturated carbocycles. The van der Waals surface area contributed by atoms with Crippen molar-refractivity contribution < 1.29 is 9.59 Å². The molecule has 102 valence electrons. The van der Waals surface area contributed by atoms with Crippen molar-refractivity contribution in [1.29, 1.82) is 0 Å². The molecule has 0 saturated heterocycles. The second-order valence-electron chi connectivity index (χ2n) is 3.80. The molecule has 6 heteroatoms. The van der Waals surface area contributed by atoms with Crippen molar-refractivity contribution in [2.75, 3.05) is 0 Å². The molecule has 2 rings (SSSR count). The van der Waals surface area contributed by atoms with Crippen molar-refractivity contribution in [3.05, 3.63) is 29.1 Å². The Labute approximate surface area is 115 Å². The number of thiazole rings is 1. The van der Waals surface area contributed by atoms with E-state index in [-0.39, 0.29) is 0 Å². The van der Waals surface area contributed by atoms with Gasteiger partial charge in [-0.1, -0.05) is 23.5 Å². The minimum Gasteiger partial charge on any atom is -0.320 e. The van der Waals surface area contributed by atoms with Crippen LogP contribution in [-0.2, 0) is 16.6 Å². The maximum atomic E-state index is 9.56. The van der Waals surface area contributed by atoms with Gasteiger partial charge in [-0.3, -0.25) is 0 Å². The van der Waals surface area contributed by atoms with Gasteiger partial charge in [0, 0.05) is 19.9 Å². The third-order valence-corrected chi connectivity index (χ3v) is 3.60. The monoisotopic (exact) mass is 279 g/mol. The summed E-state index contributed by atoms with van der Waals surface area (Å²) in [4.78, 5) is 20.0. The van der Waals surface area contributed by atoms with Crippen molar-refractivity contribution >= 4 is 34.1 Å². The molecule has 0 bridgehead atoms. The summed E-state index contributed by atoms with van der Waals surface area (Å²) in [5.41, 5.74) is 1.17. The van der Waals surface area contributed by atoms with Gasteiger partial charge in [0.1, 0.15) is 12.6 Å². The number of para-hydroxylation sites is 1. The van der Waals surface area contributed by atoms with E-state index in [0.29, 0.717) is 19.3 Å². The fourth-order valence-electron chi connectivity index (χ4n) is 1.49. The highest BCUT2D eigenvalue weighted by Gasteiger charge is 1.99. The Morgan fingerprint density at radius 3 is 2.42 bits per heavy atom. The largest absolute Gasteiger partial charge is 0.320 e. The number of rotatable bonds is 4. The number of aryl methyl sites for hydroxylation is 1. The van der Waals surface area contributed by atoms with E-state index in [1.54, 1.807) is 11.3 Å². The maximum absolute atomic E-state index is 9.56. The number of carbonyl (C=O) groups excluding carboxylic acids is 2. The van der Waals surface area contributed by atoms with Crippen LogP contribution in [-0.4, -0.2) is 17.1 Å². The van der Waals surface area contributed by atoms with Crippen LogP contribution in [0.25, 0.3) is 10.2 Å². The smallest absolute Gasteiger partial charge is 0.208 e. The van der Waals surface area contributed by atoms with Crippen LogP contribution < -0.4 is 10.6 Å². The normalized spacial score (nSPS) is 10.9. The van der Waals surface area contributed by atoms with Gasteiger partial charge in [0.15, 0.2) is 0 Å². The first-order chi connectivity index (χ1) is 9.24. The predicted molar refractivity (Wildman–Crippen MR) is 76.5 cm³/mol. The molecule has 0 aliphatic rings. The van der Waals surface area contributed by atoms with E-state index in [9.17, 15) is 9.59 Å². The van der Waals surface area contributed by atoms with E-state index in [1.165, 1.54) is 10.2 Å². The van der Waals surface area contributed by atoms with E-state index in [4.69, 9.17) is 5.84 Å². The number of carbonyl (C=O) groups is 2. The van der Waals surface area contributed by atoms with Gasteiger partial charge in [0.05, 0.1) is 10.2 Å². The molecule has 0 unspecified atom stereocenters. The van der Waals surface area contributed by atoms with Crippen LogP contribution in [0.4, 0.5) is 0 Å². The number of fused-ring (bicyclic) bond motifs is 1. The van der Waals surface area contributed by atoms with Gasteiger partial charge >= 0.3 is 0 Å². The molecule has 1 aromatic carbocycles. The molecule has 0 amide bonds. The summed E-state index contributed by atoms with van der Waals surface area (Å²) in [6, 6.07) is 8.14. The second-order valence-corrected chi connectivity index (χ2v) is 4.81. The molecule has 2 N–H and O–H groups in total. The third kappa shape index (κ3) is 4.33. The summed E-state index contributed by atoms with van der Waals surface area (Å²) >= 11 is 1.60. The number of nitrogens with two attached hydrogens (primary N) is 1. The summed E-state index contributed by atoms with van der Waals surface area (Å²) in [5, 5.41) is 3.69. The number of unbranched alkanes of at least 4 members (excludes halogenated alkanes) is 2. The first-order valence-electron chi connectivity index (χ1n) is 5.90. The molecular formula is C13H17N3O2S. The van der Waals surface area contributed by atoms with Crippen LogP contribution in [0.3, 0.4) is 0 Å². The highest BCUT2D eigenvalue weighted by Crippen LogP contribution is 2.14. The Bertz CT molecular complexity index is 593. The van der Waals surface area contributed by atoms with E-state index >= 15 is 0 Å². The number of benzene rings is 1. The molecule has 0 radical (unpaired) electrons. The molecule has 1 aromatic heterocycles. The Morgan fingerprint density at radius 2 is 1.89 bits per heavy atom. The number of aromatic nitrogens is 1. The summed E-state index contributed by atoms with van der Waals surface area (Å²) in [6.45, 7) is 0. The van der Waals surface area contributed by atoms with Crippen molar-refractivity contribution in [2.45, 2.75) is 19.3 Å². The quantitative estimate of drug-likeness (QED) is 0.399. The first kappa shape index (κ1) is 15.1. The number of nitrogens with zero attached hydrogens (tertiary/aromatic N) is 2. The summed E-state index contributed by atoms with van der Waals surface area (Å²) in [5.74, 6) is 5.23. The van der Waals surface area contributed by atoms with Crippen LogP contribution in [0.2, 0.25) is 0 Å². The van der Waals surface area contributed by atoms with Crippen molar-refractivity contribution in [1.82, 2.24) is 4.57 Å². The minimum atomic E-state index is 0.513. The number of hydrogen-bond donors (Lipinski definition) is 1. The summed E-state index contributed by atoms with van der Waals surface area (Å²) < 4.78 is 3.20. The Kier molecular flexibility index (Phi) is 6.52. The van der Waals surface area contributed by atoms with Gasteiger partial charge < -0.3 is 20.0 Å². The number of aldehydes is 2. The van der Waals surface area contributed by atoms with Crippen LogP contribution in [0.15, 0.2) is 29.4 Å². The molecule has 2 aromatic rings. The van der Waals surface area contributed by atoms with E-state index in [1.807, 2.05) is 23.7 Å². The van der Waals surface area contributed by atoms with Crippen LogP contribution >= 0.6 is 11.3 Å². The molecule has 0 atom stereocenters. The lowest BCUT2D eigenvalue weighted by molar-refractivity contribution is -0.108. The fraction of sp³-hybridized carbons (Fsp3) is 0.308. The molecular weight excluding hydrogens is 262 g/mol. The third-order valence-electron chi connectivity index (χ3n) is 2.47. The molecule has 19 heavy (non-hydrogen) atoms. The summed E-state index contributed by atoms with van der Waals surface area (Å²) in [6.07, 6.45) is 3.37. The van der Waals surface area contributed by atoms with Crippen LogP contribution in [0, 0.1) is 0 Å². The standard InChI is InChI=1S/C8H9N3S.C5H8O2/c1-11-6-4-2-3-5-7(6)12-8(11)10-9;6-4-2-1-3-5-7/h2-5H,9H2,1H3;4-5H,1-3H2. The van der Waals surface area contributed by atoms with Gasteiger partial charge in [-0.2, -0.15) is 5.10 Å². The van der Waals surface area contributed by atoms with Gasteiger partial charge in [0.2, 0.25) is 4.80 Å². The Morgan fingerprint density at radius 1 is 1.26 bits per heavy atom. The molecule has 0 aliphatic carbocycles. The maximum Gasteiger partial charge on any atom is 0.208 e. The zero-order valence-corrected chi connectivity index (χ0v) is 11.6. The zero-order chi connectivity index (χ0) is 14.1. The van der Waals surface area contributed by atoms with Crippen LogP contribution in [0.5, 0.6) is 0 Å². The van der Waals surface area contributed by atoms with Gasteiger partial charge in [0.25, 0.3) is 0 Å². The minimum absolute atomic E-state index is 0.513. The van der Waals surface area contributed by atoms with Crippen molar-refractivity contribution in [3.8, 4) is 0 Å². The molecule has 0 aliphatic heterocycles. The molecule has 5 nitrogen and oxygen atoms in total. The zero-order valence-electron chi connectivity index (χ0n) is 10.8. The second kappa shape index (κ2) is 8.20. The van der Waals surface area contributed by atoms with E-state index in [2.05, 4.69) is 17.2 Å². The highest BCUT2D eigenvalue weighted by atomic mass is 32.1. The Hall–Kier alpha value is -1.95. The van der Waals surface area contributed by atoms with Crippen LogP contribution in [0.1, 0.15) is 19.3 Å². The van der Waals surface area contributed by atoms with E-state index < -0.39 is 0 Å². The topological polar surface area (TPSA) is 77.5 Å². The molecule has 0 spiro atoms. The van der Waals surface area contributed by atoms with E-state index in [0.717, 1.165) is 17.4 Å². The summed E-state index contributed by atoms with van der Waals surface area (Å²) in [7, 11) is 1.96. The average molecular weight is 279 g/mol. The Balaban J connectivity index is 0.000000224. The van der Waals surface area contributed by atoms with Gasteiger partial charge in [-0.15, -0.1) is 0 Å². The molecule has 1 heterocycles. The average Bonchev–Trinajstić information content (AvgIpc) is 2.77. The molecule has 0 fully saturated rings. The van der Waals surface area contributed by atoms with Crippen molar-refractivity contribution in [3.63, 3.8) is 0 Å². The number of hydrogen-bond acceptors (Lipinski definition) is 5.